The predicted molar refractivity (Wildman–Crippen MR) is 84.1 cm³/mol. The van der Waals surface area contributed by atoms with Crippen LogP contribution in [0.4, 0.5) is 4.79 Å². The molecule has 0 aliphatic carbocycles. The lowest BCUT2D eigenvalue weighted by Crippen LogP contribution is -2.37. The van der Waals surface area contributed by atoms with Crippen molar-refractivity contribution in [1.29, 1.82) is 0 Å². The fourth-order valence-electron chi connectivity index (χ4n) is 2.16. The molecule has 24 heavy (non-hydrogen) atoms. The molecule has 128 valence electrons. The highest BCUT2D eigenvalue weighted by atomic mass is 16.5. The van der Waals surface area contributed by atoms with Gasteiger partial charge in [0.25, 0.3) is 0 Å². The Labute approximate surface area is 137 Å². The van der Waals surface area contributed by atoms with Gasteiger partial charge in [-0.3, -0.25) is 0 Å². The number of amides is 1. The molecule has 0 unspecified atom stereocenters. The molecular weight excluding hydrogens is 316 g/mol. The van der Waals surface area contributed by atoms with Crippen molar-refractivity contribution in [1.82, 2.24) is 19.7 Å². The van der Waals surface area contributed by atoms with Gasteiger partial charge in [-0.05, 0) is 18.6 Å². The molecule has 2 rings (SSSR count). The maximum atomic E-state index is 12.2. The van der Waals surface area contributed by atoms with Gasteiger partial charge in [0.1, 0.15) is 0 Å². The summed E-state index contributed by atoms with van der Waals surface area (Å²) in [6, 6.07) is 6.03. The van der Waals surface area contributed by atoms with E-state index in [9.17, 15) is 14.4 Å². The van der Waals surface area contributed by atoms with Crippen molar-refractivity contribution in [2.75, 3.05) is 14.2 Å². The normalized spacial score (nSPS) is 10.3. The highest BCUT2D eigenvalue weighted by Crippen LogP contribution is 2.10. The summed E-state index contributed by atoms with van der Waals surface area (Å²) in [7, 11) is 2.64. The molecule has 1 aromatic carbocycles. The van der Waals surface area contributed by atoms with Crippen LogP contribution in [0.1, 0.15) is 22.8 Å². The number of rotatable bonds is 5. The summed E-state index contributed by atoms with van der Waals surface area (Å²) in [4.78, 5) is 36.0. The molecule has 9 nitrogen and oxygen atoms in total. The van der Waals surface area contributed by atoms with Crippen LogP contribution in [-0.4, -0.2) is 40.6 Å². The second-order valence-electron chi connectivity index (χ2n) is 4.73. The molecule has 9 heteroatoms. The minimum Gasteiger partial charge on any atom is -0.467 e. The van der Waals surface area contributed by atoms with Crippen LogP contribution in [0.3, 0.4) is 0 Å². The van der Waals surface area contributed by atoms with Gasteiger partial charge in [0.2, 0.25) is 0 Å². The van der Waals surface area contributed by atoms with Crippen molar-refractivity contribution >= 4 is 12.0 Å². The van der Waals surface area contributed by atoms with E-state index in [0.29, 0.717) is 22.4 Å². The average Bonchev–Trinajstić information content (AvgIpc) is 2.94. The molecular formula is C15H18N4O5. The second kappa shape index (κ2) is 7.44. The number of hydrogen-bond acceptors (Lipinski definition) is 6. The minimum absolute atomic E-state index is 0.0395. The molecule has 0 aliphatic heterocycles. The van der Waals surface area contributed by atoms with E-state index in [1.807, 2.05) is 0 Å². The number of nitrogens with one attached hydrogen (secondary N) is 1. The maximum Gasteiger partial charge on any atom is 0.357 e. The molecule has 0 atom stereocenters. The summed E-state index contributed by atoms with van der Waals surface area (Å²) in [6.45, 7) is 2.10. The number of benzene rings is 1. The third kappa shape index (κ3) is 3.29. The lowest BCUT2D eigenvalue weighted by Gasteiger charge is -2.08. The maximum absolute atomic E-state index is 12.2. The molecule has 0 fully saturated rings. The van der Waals surface area contributed by atoms with Gasteiger partial charge >= 0.3 is 23.7 Å². The Kier molecular flexibility index (Phi) is 5.35. The second-order valence-corrected chi connectivity index (χ2v) is 4.73. The van der Waals surface area contributed by atoms with E-state index >= 15 is 0 Å². The highest BCUT2D eigenvalue weighted by molar-refractivity contribution is 5.91. The van der Waals surface area contributed by atoms with Crippen LogP contribution in [0.25, 0.3) is 0 Å². The Morgan fingerprint density at radius 3 is 2.54 bits per heavy atom. The van der Waals surface area contributed by atoms with E-state index < -0.39 is 17.7 Å². The van der Waals surface area contributed by atoms with Gasteiger partial charge in [-0.15, -0.1) is 9.78 Å². The zero-order chi connectivity index (χ0) is 17.7. The molecule has 0 aliphatic rings. The monoisotopic (exact) mass is 334 g/mol. The van der Waals surface area contributed by atoms with Gasteiger partial charge in [0, 0.05) is 13.1 Å². The van der Waals surface area contributed by atoms with E-state index in [-0.39, 0.29) is 12.6 Å². The summed E-state index contributed by atoms with van der Waals surface area (Å²) in [5.74, 6) is -0.506. The fraction of sp³-hybridized carbons (Fsp3) is 0.333. The highest BCUT2D eigenvalue weighted by Gasteiger charge is 2.18. The molecule has 0 spiro atoms. The Morgan fingerprint density at radius 1 is 1.25 bits per heavy atom. The van der Waals surface area contributed by atoms with Crippen molar-refractivity contribution in [2.24, 2.45) is 0 Å². The summed E-state index contributed by atoms with van der Waals surface area (Å²) < 4.78 is 11.6. The van der Waals surface area contributed by atoms with Crippen molar-refractivity contribution in [2.45, 2.75) is 20.0 Å². The lowest BCUT2D eigenvalue weighted by atomic mass is 10.1. The zero-order valence-electron chi connectivity index (χ0n) is 13.6. The first kappa shape index (κ1) is 17.3. The van der Waals surface area contributed by atoms with E-state index in [1.54, 1.807) is 31.2 Å². The number of methoxy groups -OCH3 is 2. The Balaban J connectivity index is 2.19. The number of ether oxygens (including phenoxy) is 2. The Hall–Kier alpha value is -3.10. The summed E-state index contributed by atoms with van der Waals surface area (Å²) in [5.41, 5.74) is 0.296. The zero-order valence-corrected chi connectivity index (χ0v) is 13.6. The average molecular weight is 334 g/mol. The molecule has 0 bridgehead atoms. The van der Waals surface area contributed by atoms with Gasteiger partial charge in [0.05, 0.1) is 19.8 Å². The summed E-state index contributed by atoms with van der Waals surface area (Å²) in [5, 5.41) is 6.38. The first-order valence-electron chi connectivity index (χ1n) is 7.21. The van der Waals surface area contributed by atoms with Gasteiger partial charge in [-0.2, -0.15) is 0 Å². The van der Waals surface area contributed by atoms with Crippen LogP contribution < -0.4 is 15.7 Å². The van der Waals surface area contributed by atoms with E-state index in [4.69, 9.17) is 9.47 Å². The predicted octanol–water partition coefficient (Wildman–Crippen LogP) is 0.618. The topological polar surface area (TPSA) is 104 Å². The molecule has 0 saturated carbocycles. The fourth-order valence-corrected chi connectivity index (χ4v) is 2.16. The molecule has 1 heterocycles. The van der Waals surface area contributed by atoms with Crippen molar-refractivity contribution in [3.63, 3.8) is 0 Å². The van der Waals surface area contributed by atoms with Crippen LogP contribution in [0.15, 0.2) is 29.1 Å². The number of hydrogen-bond donors (Lipinski definition) is 1. The molecule has 2 aromatic rings. The lowest BCUT2D eigenvalue weighted by molar-refractivity contribution is 0.0599. The van der Waals surface area contributed by atoms with Crippen molar-refractivity contribution < 1.29 is 19.1 Å². The molecule has 1 aromatic heterocycles. The van der Waals surface area contributed by atoms with Crippen LogP contribution in [0, 0.1) is 0 Å². The van der Waals surface area contributed by atoms with E-state index in [2.05, 4.69) is 10.4 Å². The summed E-state index contributed by atoms with van der Waals surface area (Å²) >= 11 is 0. The number of aromatic nitrogens is 3. The molecule has 0 radical (unpaired) electrons. The molecule has 1 amide bonds. The van der Waals surface area contributed by atoms with Crippen LogP contribution in [0.5, 0.6) is 6.01 Å². The summed E-state index contributed by atoms with van der Waals surface area (Å²) in [6.07, 6.45) is 0. The van der Waals surface area contributed by atoms with E-state index in [1.165, 1.54) is 18.8 Å². The van der Waals surface area contributed by atoms with Crippen LogP contribution >= 0.6 is 0 Å². The number of carbonyl (C=O) groups excluding carboxylic acids is 2. The number of nitrogens with zero attached hydrogens (tertiary/aromatic N) is 3. The Bertz CT molecular complexity index is 808. The van der Waals surface area contributed by atoms with Crippen molar-refractivity contribution in [3.05, 3.63) is 45.9 Å². The number of carbonyl (C=O) groups is 2. The van der Waals surface area contributed by atoms with Crippen LogP contribution in [0.2, 0.25) is 0 Å². The van der Waals surface area contributed by atoms with Gasteiger partial charge in [-0.1, -0.05) is 18.2 Å². The largest absolute Gasteiger partial charge is 0.467 e. The van der Waals surface area contributed by atoms with Gasteiger partial charge in [-0.25, -0.2) is 19.0 Å². The minimum atomic E-state index is -0.717. The first-order chi connectivity index (χ1) is 11.5. The third-order valence-corrected chi connectivity index (χ3v) is 3.37. The van der Waals surface area contributed by atoms with Gasteiger partial charge in [0.15, 0.2) is 0 Å². The molecule has 0 saturated heterocycles. The standard InChI is InChI=1S/C15H18N4O5/c1-4-18-14(24-3)17-19(15(18)22)13(21)16-9-10-7-5-6-8-11(10)12(20)23-2/h5-8H,4,9H2,1-3H3,(H,16,21). The van der Waals surface area contributed by atoms with Gasteiger partial charge < -0.3 is 14.8 Å². The quantitative estimate of drug-likeness (QED) is 0.804. The molecule has 1 N–H and O–H groups in total. The SMILES string of the molecule is CCn1c(OC)nn(C(=O)NCc2ccccc2C(=O)OC)c1=O. The smallest absolute Gasteiger partial charge is 0.357 e. The third-order valence-electron chi connectivity index (χ3n) is 3.37. The van der Waals surface area contributed by atoms with Crippen LogP contribution in [-0.2, 0) is 17.8 Å². The number of esters is 1. The van der Waals surface area contributed by atoms with Crippen molar-refractivity contribution in [3.8, 4) is 6.01 Å². The first-order valence-corrected chi connectivity index (χ1v) is 7.21. The Morgan fingerprint density at radius 2 is 1.96 bits per heavy atom. The van der Waals surface area contributed by atoms with E-state index in [0.717, 1.165) is 0 Å².